The third-order valence-electron chi connectivity index (χ3n) is 11.4. The molecule has 2 atom stereocenters. The third-order valence-corrected chi connectivity index (χ3v) is 11.4. The first-order chi connectivity index (χ1) is 25.6. The van der Waals surface area contributed by atoms with E-state index in [1.165, 1.54) is 12.1 Å². The highest BCUT2D eigenvalue weighted by molar-refractivity contribution is 6.08. The summed E-state index contributed by atoms with van der Waals surface area (Å²) in [4.78, 5) is 65.4. The van der Waals surface area contributed by atoms with Crippen molar-refractivity contribution in [1.82, 2.24) is 25.1 Å². The zero-order chi connectivity index (χ0) is 36.8. The molecule has 6 heterocycles. The number of aromatic amines is 1. The molecule has 4 aliphatic rings. The van der Waals surface area contributed by atoms with Crippen LogP contribution >= 0.6 is 0 Å². The lowest BCUT2D eigenvalue weighted by atomic mass is 9.95. The van der Waals surface area contributed by atoms with Crippen molar-refractivity contribution in [2.24, 2.45) is 5.92 Å². The van der Waals surface area contributed by atoms with Crippen LogP contribution in [0.1, 0.15) is 89.0 Å². The molecule has 13 heteroatoms. The molecular formula is C40H45N9O4. The molecule has 2 aromatic carbocycles. The van der Waals surface area contributed by atoms with Crippen LogP contribution in [0.2, 0.25) is 0 Å². The summed E-state index contributed by atoms with van der Waals surface area (Å²) in [6, 6.07) is 14.9. The van der Waals surface area contributed by atoms with E-state index in [2.05, 4.69) is 48.8 Å². The smallest absolute Gasteiger partial charge is 0.256 e. The highest BCUT2D eigenvalue weighted by Crippen LogP contribution is 2.36. The van der Waals surface area contributed by atoms with Gasteiger partial charge in [0, 0.05) is 101 Å². The molecule has 0 saturated carbocycles. The van der Waals surface area contributed by atoms with E-state index in [0.717, 1.165) is 72.3 Å². The maximum Gasteiger partial charge on any atom is 0.256 e. The monoisotopic (exact) mass is 715 g/mol. The summed E-state index contributed by atoms with van der Waals surface area (Å²) in [5, 5.41) is 18.3. The number of hydrogen-bond donors (Lipinski definition) is 5. The van der Waals surface area contributed by atoms with Crippen LogP contribution < -0.4 is 20.9 Å². The number of piperidine rings is 2. The van der Waals surface area contributed by atoms with Crippen LogP contribution in [0.5, 0.6) is 0 Å². The lowest BCUT2D eigenvalue weighted by molar-refractivity contribution is -0.136. The number of hydrogen-bond acceptors (Lipinski definition) is 9. The summed E-state index contributed by atoms with van der Waals surface area (Å²) < 4.78 is 0. The molecule has 3 fully saturated rings. The number of carbonyl (C=O) groups excluding carboxylic acids is 4. The molecule has 0 aliphatic carbocycles. The van der Waals surface area contributed by atoms with Crippen LogP contribution in [-0.2, 0) is 16.1 Å². The van der Waals surface area contributed by atoms with Gasteiger partial charge < -0.3 is 30.8 Å². The van der Waals surface area contributed by atoms with Gasteiger partial charge in [0.15, 0.2) is 0 Å². The van der Waals surface area contributed by atoms with E-state index >= 15 is 0 Å². The van der Waals surface area contributed by atoms with Crippen LogP contribution in [0.3, 0.4) is 0 Å². The number of imide groups is 1. The summed E-state index contributed by atoms with van der Waals surface area (Å²) in [5.74, 6) is -0.293. The van der Waals surface area contributed by atoms with Crippen molar-refractivity contribution in [2.75, 3.05) is 48.8 Å². The Morgan fingerprint density at radius 1 is 1.00 bits per heavy atom. The van der Waals surface area contributed by atoms with Crippen LogP contribution in [-0.4, -0.2) is 88.4 Å². The predicted molar refractivity (Wildman–Crippen MR) is 204 cm³/mol. The van der Waals surface area contributed by atoms with Gasteiger partial charge in [-0.05, 0) is 88.9 Å². The van der Waals surface area contributed by atoms with Crippen molar-refractivity contribution in [3.05, 3.63) is 82.7 Å². The number of rotatable bonds is 9. The van der Waals surface area contributed by atoms with Gasteiger partial charge in [-0.2, -0.15) is 0 Å². The van der Waals surface area contributed by atoms with Gasteiger partial charge >= 0.3 is 0 Å². The number of nitrogens with zero attached hydrogens (tertiary/aromatic N) is 4. The highest BCUT2D eigenvalue weighted by Gasteiger charge is 2.40. The number of amides is 4. The molecule has 0 bridgehead atoms. The van der Waals surface area contributed by atoms with Crippen LogP contribution in [0.15, 0.2) is 54.7 Å². The zero-order valence-corrected chi connectivity index (χ0v) is 30.1. The topological polar surface area (TPSA) is 167 Å². The Morgan fingerprint density at radius 2 is 1.83 bits per heavy atom. The molecule has 4 aliphatic heterocycles. The number of fused-ring (bicyclic) bond motifs is 2. The van der Waals surface area contributed by atoms with Crippen molar-refractivity contribution in [3.63, 3.8) is 0 Å². The largest absolute Gasteiger partial charge is 0.384 e. The molecule has 8 rings (SSSR count). The van der Waals surface area contributed by atoms with Gasteiger partial charge in [0.05, 0.1) is 5.52 Å². The standard InChI is InChI=1S/C40H45N9O4/c1-23(41)27-9-8-25(38(51)45-36-19-30-26(21-43-36)18-32(44-30)34-7-4-14-47(34)2)17-31(27)42-20-24-12-15-48(16-13-24)33-6-3-5-28-29(33)22-49(40(28)53)35-10-11-37(50)46-39(35)52/h3,5-6,8-9,17-19,21,24,34-35,41-42,44H,4,7,10-16,20,22H2,1-2H3,(H,43,45,51)(H,46,50,52). The minimum Gasteiger partial charge on any atom is -0.384 e. The fourth-order valence-electron chi connectivity index (χ4n) is 8.44. The second-order valence-electron chi connectivity index (χ2n) is 14.9. The van der Waals surface area contributed by atoms with E-state index in [4.69, 9.17) is 5.41 Å². The Labute approximate surface area is 308 Å². The Balaban J connectivity index is 0.899. The van der Waals surface area contributed by atoms with Gasteiger partial charge in [-0.1, -0.05) is 12.1 Å². The number of nitrogens with one attached hydrogen (secondary N) is 5. The van der Waals surface area contributed by atoms with Gasteiger partial charge in [-0.15, -0.1) is 0 Å². The van der Waals surface area contributed by atoms with Crippen molar-refractivity contribution < 1.29 is 19.2 Å². The quantitative estimate of drug-likeness (QED) is 0.119. The number of likely N-dealkylation sites (tertiary alicyclic amines) is 1. The van der Waals surface area contributed by atoms with E-state index in [1.54, 1.807) is 24.1 Å². The second-order valence-corrected chi connectivity index (χ2v) is 14.9. The van der Waals surface area contributed by atoms with Crippen LogP contribution in [0.25, 0.3) is 10.9 Å². The Kier molecular flexibility index (Phi) is 9.19. The molecule has 13 nitrogen and oxygen atoms in total. The third kappa shape index (κ3) is 6.76. The summed E-state index contributed by atoms with van der Waals surface area (Å²) in [6.07, 6.45) is 6.50. The maximum absolute atomic E-state index is 13.4. The number of pyridine rings is 1. The van der Waals surface area contributed by atoms with Crippen molar-refractivity contribution >= 4 is 57.4 Å². The predicted octanol–water partition coefficient (Wildman–Crippen LogP) is 5.06. The fraction of sp³-hybridized carbons (Fsp3) is 0.400. The number of carbonyl (C=O) groups is 4. The van der Waals surface area contributed by atoms with E-state index < -0.39 is 11.9 Å². The van der Waals surface area contributed by atoms with Gasteiger partial charge in [-0.25, -0.2) is 4.98 Å². The summed E-state index contributed by atoms with van der Waals surface area (Å²) in [6.45, 7) is 5.50. The molecule has 2 aromatic heterocycles. The van der Waals surface area contributed by atoms with Crippen LogP contribution in [0, 0.1) is 11.3 Å². The number of aromatic nitrogens is 2. The summed E-state index contributed by atoms with van der Waals surface area (Å²) >= 11 is 0. The lowest BCUT2D eigenvalue weighted by Crippen LogP contribution is -2.52. The SMILES string of the molecule is CC(=N)c1ccc(C(=O)Nc2cc3[nH]c(C4CCCN4C)cc3cn2)cc1NCC1CCN(c2cccc3c2CN(C2CCC(=O)NC2=O)C3=O)CC1. The van der Waals surface area contributed by atoms with Crippen LogP contribution in [0.4, 0.5) is 17.2 Å². The molecule has 4 amide bonds. The number of benzene rings is 2. The van der Waals surface area contributed by atoms with E-state index in [-0.39, 0.29) is 24.1 Å². The lowest BCUT2D eigenvalue weighted by Gasteiger charge is -2.35. The first kappa shape index (κ1) is 34.5. The van der Waals surface area contributed by atoms with Crippen molar-refractivity contribution in [3.8, 4) is 0 Å². The van der Waals surface area contributed by atoms with Crippen molar-refractivity contribution in [2.45, 2.75) is 64.1 Å². The first-order valence-corrected chi connectivity index (χ1v) is 18.6. The van der Waals surface area contributed by atoms with Gasteiger partial charge in [-0.3, -0.25) is 29.4 Å². The molecule has 0 radical (unpaired) electrons. The molecule has 274 valence electrons. The Morgan fingerprint density at radius 3 is 2.58 bits per heavy atom. The van der Waals surface area contributed by atoms with E-state index in [0.29, 0.717) is 54.1 Å². The molecule has 5 N–H and O–H groups in total. The maximum atomic E-state index is 13.4. The molecule has 53 heavy (non-hydrogen) atoms. The molecular weight excluding hydrogens is 670 g/mol. The van der Waals surface area contributed by atoms with Gasteiger partial charge in [0.1, 0.15) is 11.9 Å². The minimum absolute atomic E-state index is 0.164. The average molecular weight is 716 g/mol. The fourth-order valence-corrected chi connectivity index (χ4v) is 8.44. The summed E-state index contributed by atoms with van der Waals surface area (Å²) in [5.41, 5.74) is 7.07. The van der Waals surface area contributed by atoms with Crippen molar-refractivity contribution in [1.29, 1.82) is 5.41 Å². The molecule has 2 unspecified atom stereocenters. The van der Waals surface area contributed by atoms with Gasteiger partial charge in [0.25, 0.3) is 11.8 Å². The molecule has 3 saturated heterocycles. The van der Waals surface area contributed by atoms with E-state index in [9.17, 15) is 19.2 Å². The Bertz CT molecular complexity index is 2140. The van der Waals surface area contributed by atoms with E-state index in [1.807, 2.05) is 36.4 Å². The molecule has 0 spiro atoms. The number of H-pyrrole nitrogens is 1. The average Bonchev–Trinajstić information content (AvgIpc) is 3.87. The summed E-state index contributed by atoms with van der Waals surface area (Å²) in [7, 11) is 2.15. The minimum atomic E-state index is -0.640. The number of anilines is 3. The van der Waals surface area contributed by atoms with Gasteiger partial charge in [0.2, 0.25) is 11.8 Å². The zero-order valence-electron chi connectivity index (χ0n) is 30.1. The highest BCUT2D eigenvalue weighted by atomic mass is 16.2. The normalized spacial score (nSPS) is 20.9. The molecule has 4 aromatic rings. The second kappa shape index (κ2) is 14.1. The Hall–Kier alpha value is -5.56. The first-order valence-electron chi connectivity index (χ1n) is 18.6.